The largest absolute Gasteiger partial charge is 0.455 e. The lowest BCUT2D eigenvalue weighted by atomic mass is 9.99. The number of morpholine rings is 1. The molecule has 0 unspecified atom stereocenters. The predicted molar refractivity (Wildman–Crippen MR) is 109 cm³/mol. The number of carbonyl (C=O) groups is 1. The molecular formula is C23H24FN3O3. The van der Waals surface area contributed by atoms with Gasteiger partial charge in [0, 0.05) is 38.1 Å². The zero-order valence-corrected chi connectivity index (χ0v) is 16.7. The van der Waals surface area contributed by atoms with Crippen molar-refractivity contribution in [1.82, 2.24) is 14.4 Å². The molecule has 1 fully saturated rings. The van der Waals surface area contributed by atoms with E-state index >= 15 is 0 Å². The van der Waals surface area contributed by atoms with E-state index in [9.17, 15) is 9.18 Å². The molecule has 2 aliphatic heterocycles. The summed E-state index contributed by atoms with van der Waals surface area (Å²) in [6, 6.07) is 14.5. The topological polar surface area (TPSA) is 50.9 Å². The second-order valence-electron chi connectivity index (χ2n) is 7.72. The highest BCUT2D eigenvalue weighted by Crippen LogP contribution is 2.33. The second-order valence-corrected chi connectivity index (χ2v) is 7.72. The Hall–Kier alpha value is -2.90. The quantitative estimate of drug-likeness (QED) is 0.664. The molecule has 30 heavy (non-hydrogen) atoms. The Bertz CT molecular complexity index is 1020. The molecule has 3 aromatic rings. The molecule has 0 saturated carbocycles. The van der Waals surface area contributed by atoms with Crippen LogP contribution in [0.1, 0.15) is 33.6 Å². The van der Waals surface area contributed by atoms with E-state index in [1.54, 1.807) is 11.0 Å². The Morgan fingerprint density at radius 1 is 1.00 bits per heavy atom. The number of amides is 1. The molecule has 1 aromatic carbocycles. The Balaban J connectivity index is 1.38. The first-order chi connectivity index (χ1) is 14.7. The van der Waals surface area contributed by atoms with Crippen LogP contribution in [0, 0.1) is 5.82 Å². The van der Waals surface area contributed by atoms with E-state index in [1.165, 1.54) is 17.8 Å². The summed E-state index contributed by atoms with van der Waals surface area (Å²) < 4.78 is 27.0. The number of aromatic nitrogens is 1. The molecule has 6 nitrogen and oxygen atoms in total. The fourth-order valence-corrected chi connectivity index (χ4v) is 4.33. The first-order valence-electron chi connectivity index (χ1n) is 10.3. The summed E-state index contributed by atoms with van der Waals surface area (Å²) in [5.74, 6) is 0.783. The van der Waals surface area contributed by atoms with E-state index < -0.39 is 0 Å². The van der Waals surface area contributed by atoms with Crippen LogP contribution in [0.3, 0.4) is 0 Å². The summed E-state index contributed by atoms with van der Waals surface area (Å²) in [4.78, 5) is 16.8. The van der Waals surface area contributed by atoms with Gasteiger partial charge in [0.2, 0.25) is 0 Å². The first kappa shape index (κ1) is 19.1. The fourth-order valence-electron chi connectivity index (χ4n) is 4.33. The lowest BCUT2D eigenvalue weighted by Crippen LogP contribution is -2.40. The molecule has 4 heterocycles. The molecule has 1 saturated heterocycles. The predicted octanol–water partition coefficient (Wildman–Crippen LogP) is 3.30. The van der Waals surface area contributed by atoms with Crippen molar-refractivity contribution in [2.24, 2.45) is 0 Å². The minimum Gasteiger partial charge on any atom is -0.455 e. The van der Waals surface area contributed by atoms with Gasteiger partial charge >= 0.3 is 0 Å². The molecule has 0 spiro atoms. The van der Waals surface area contributed by atoms with Gasteiger partial charge in [-0.25, -0.2) is 4.39 Å². The lowest BCUT2D eigenvalue weighted by Gasteiger charge is -2.36. The summed E-state index contributed by atoms with van der Waals surface area (Å²) >= 11 is 0. The number of benzene rings is 1. The van der Waals surface area contributed by atoms with Crippen molar-refractivity contribution < 1.29 is 18.3 Å². The minimum absolute atomic E-state index is 0.00200. The molecule has 1 atom stereocenters. The fraction of sp³-hybridized carbons (Fsp3) is 0.348. The number of rotatable bonds is 4. The highest BCUT2D eigenvalue weighted by molar-refractivity contribution is 5.91. The molecule has 2 aliphatic rings. The monoisotopic (exact) mass is 409 g/mol. The van der Waals surface area contributed by atoms with Gasteiger partial charge in [0.1, 0.15) is 11.6 Å². The Labute approximate surface area is 174 Å². The number of furan rings is 1. The van der Waals surface area contributed by atoms with Crippen LogP contribution in [0.2, 0.25) is 0 Å². The third-order valence-corrected chi connectivity index (χ3v) is 5.85. The van der Waals surface area contributed by atoms with Crippen LogP contribution < -0.4 is 0 Å². The second kappa shape index (κ2) is 8.08. The molecule has 7 heteroatoms. The van der Waals surface area contributed by atoms with Gasteiger partial charge in [-0.15, -0.1) is 0 Å². The van der Waals surface area contributed by atoms with Crippen LogP contribution in [-0.2, 0) is 17.8 Å². The number of hydrogen-bond acceptors (Lipinski definition) is 4. The van der Waals surface area contributed by atoms with E-state index in [-0.39, 0.29) is 17.8 Å². The van der Waals surface area contributed by atoms with Crippen molar-refractivity contribution in [3.63, 3.8) is 0 Å². The maximum absolute atomic E-state index is 13.5. The van der Waals surface area contributed by atoms with Crippen LogP contribution in [0.25, 0.3) is 0 Å². The zero-order valence-electron chi connectivity index (χ0n) is 16.7. The molecule has 0 radical (unpaired) electrons. The van der Waals surface area contributed by atoms with Gasteiger partial charge in [0.15, 0.2) is 5.76 Å². The zero-order chi connectivity index (χ0) is 20.5. The average molecular weight is 409 g/mol. The molecule has 5 rings (SSSR count). The first-order valence-corrected chi connectivity index (χ1v) is 10.3. The van der Waals surface area contributed by atoms with Crippen LogP contribution in [0.15, 0.2) is 59.1 Å². The van der Waals surface area contributed by atoms with Gasteiger partial charge in [0.25, 0.3) is 5.91 Å². The van der Waals surface area contributed by atoms with Crippen LogP contribution in [0.5, 0.6) is 0 Å². The molecule has 156 valence electrons. The van der Waals surface area contributed by atoms with Gasteiger partial charge < -0.3 is 18.6 Å². The molecule has 1 amide bonds. The van der Waals surface area contributed by atoms with Crippen LogP contribution in [0.4, 0.5) is 4.39 Å². The highest BCUT2D eigenvalue weighted by Gasteiger charge is 2.30. The summed E-state index contributed by atoms with van der Waals surface area (Å²) in [5.41, 5.74) is 2.20. The lowest BCUT2D eigenvalue weighted by molar-refractivity contribution is 0.0280. The van der Waals surface area contributed by atoms with Crippen molar-refractivity contribution >= 4 is 5.91 Å². The minimum atomic E-state index is -0.242. The number of nitrogens with zero attached hydrogens (tertiary/aromatic N) is 3. The van der Waals surface area contributed by atoms with Gasteiger partial charge in [0.05, 0.1) is 25.8 Å². The SMILES string of the molecule is O=C(c1ccc(CN2CCn3cccc3[C@@H]2c2ccc(F)cc2)o1)N1CCOCC1. The maximum atomic E-state index is 13.5. The summed E-state index contributed by atoms with van der Waals surface area (Å²) in [5, 5.41) is 0. The van der Waals surface area contributed by atoms with Gasteiger partial charge in [-0.3, -0.25) is 9.69 Å². The van der Waals surface area contributed by atoms with Crippen LogP contribution in [-0.4, -0.2) is 53.1 Å². The van der Waals surface area contributed by atoms with Crippen molar-refractivity contribution in [3.05, 3.63) is 83.3 Å². The smallest absolute Gasteiger partial charge is 0.289 e. The summed E-state index contributed by atoms with van der Waals surface area (Å²) in [7, 11) is 0. The van der Waals surface area contributed by atoms with Crippen molar-refractivity contribution in [2.75, 3.05) is 32.8 Å². The van der Waals surface area contributed by atoms with E-state index in [2.05, 4.69) is 21.7 Å². The normalized spacial score (nSPS) is 19.6. The number of ether oxygens (including phenoxy) is 1. The molecular weight excluding hydrogens is 385 g/mol. The maximum Gasteiger partial charge on any atom is 0.289 e. The third kappa shape index (κ3) is 3.66. The summed E-state index contributed by atoms with van der Waals surface area (Å²) in [6.45, 7) is 4.58. The molecule has 0 bridgehead atoms. The molecule has 2 aromatic heterocycles. The van der Waals surface area contributed by atoms with E-state index in [1.807, 2.05) is 24.3 Å². The Morgan fingerprint density at radius 2 is 1.80 bits per heavy atom. The van der Waals surface area contributed by atoms with Crippen molar-refractivity contribution in [2.45, 2.75) is 19.1 Å². The highest BCUT2D eigenvalue weighted by atomic mass is 19.1. The van der Waals surface area contributed by atoms with Crippen LogP contribution >= 0.6 is 0 Å². The molecule has 0 aliphatic carbocycles. The third-order valence-electron chi connectivity index (χ3n) is 5.85. The van der Waals surface area contributed by atoms with Gasteiger partial charge in [-0.2, -0.15) is 0 Å². The Kier molecular flexibility index (Phi) is 5.14. The van der Waals surface area contributed by atoms with Crippen molar-refractivity contribution in [1.29, 1.82) is 0 Å². The number of carbonyl (C=O) groups excluding carboxylic acids is 1. The Morgan fingerprint density at radius 3 is 2.60 bits per heavy atom. The number of halogens is 1. The van der Waals surface area contributed by atoms with E-state index in [0.717, 1.165) is 24.4 Å². The van der Waals surface area contributed by atoms with E-state index in [0.29, 0.717) is 38.6 Å². The van der Waals surface area contributed by atoms with Gasteiger partial charge in [-0.05, 0) is 42.0 Å². The van der Waals surface area contributed by atoms with Crippen molar-refractivity contribution in [3.8, 4) is 0 Å². The number of fused-ring (bicyclic) bond motifs is 1. The number of hydrogen-bond donors (Lipinski definition) is 0. The molecule has 0 N–H and O–H groups in total. The average Bonchev–Trinajstić information content (AvgIpc) is 3.44. The summed E-state index contributed by atoms with van der Waals surface area (Å²) in [6.07, 6.45) is 2.08. The van der Waals surface area contributed by atoms with Gasteiger partial charge in [-0.1, -0.05) is 12.1 Å². The van der Waals surface area contributed by atoms with E-state index in [4.69, 9.17) is 9.15 Å². The standard InChI is InChI=1S/C23H24FN3O3/c24-18-5-3-17(4-6-18)22-20-2-1-9-25(20)10-11-27(22)16-19-7-8-21(30-19)23(28)26-12-14-29-15-13-26/h1-9,22H,10-16H2/t22-/m0/s1.